The lowest BCUT2D eigenvalue weighted by Gasteiger charge is -2.28. The van der Waals surface area contributed by atoms with E-state index in [2.05, 4.69) is 15.3 Å². The Hall–Kier alpha value is -4.15. The summed E-state index contributed by atoms with van der Waals surface area (Å²) >= 11 is 5.93. The maximum atomic E-state index is 12.9. The molecule has 1 aliphatic heterocycles. The van der Waals surface area contributed by atoms with E-state index in [1.165, 1.54) is 18.6 Å². The number of hydrogen-bond donors (Lipinski definition) is 1. The molecule has 0 radical (unpaired) electrons. The van der Waals surface area contributed by atoms with Gasteiger partial charge >= 0.3 is 6.03 Å². The predicted molar refractivity (Wildman–Crippen MR) is 147 cm³/mol. The van der Waals surface area contributed by atoms with Gasteiger partial charge in [0.15, 0.2) is 9.84 Å². The molecule has 3 aromatic carbocycles. The Bertz CT molecular complexity index is 1550. The molecule has 4 aromatic rings. The van der Waals surface area contributed by atoms with Crippen LogP contribution in [-0.2, 0) is 9.84 Å². The van der Waals surface area contributed by atoms with Crippen LogP contribution in [-0.4, -0.2) is 48.7 Å². The lowest BCUT2D eigenvalue weighted by atomic mass is 10.0. The minimum absolute atomic E-state index is 0.0258. The first-order valence-electron chi connectivity index (χ1n) is 12.1. The zero-order valence-electron chi connectivity index (χ0n) is 20.9. The first kappa shape index (κ1) is 26.5. The molecule has 2 unspecified atom stereocenters. The summed E-state index contributed by atoms with van der Waals surface area (Å²) in [6.45, 7) is 0.305. The molecule has 9 nitrogen and oxygen atoms in total. The number of benzene rings is 3. The van der Waals surface area contributed by atoms with Crippen LogP contribution >= 0.6 is 11.6 Å². The number of urea groups is 1. The molecular weight excluding hydrogens is 540 g/mol. The SMILES string of the molecule is CS(=O)(=O)C(CN1C(=O)NCC1c1cccc(Oc2cnccn2)c1)c1ccc(Oc2ccc(Cl)cc2)cc1. The van der Waals surface area contributed by atoms with Crippen molar-refractivity contribution in [2.24, 2.45) is 0 Å². The van der Waals surface area contributed by atoms with Crippen LogP contribution in [0, 0.1) is 0 Å². The van der Waals surface area contributed by atoms with Gasteiger partial charge in [0.1, 0.15) is 22.5 Å². The number of nitrogens with one attached hydrogen (secondary N) is 1. The average molecular weight is 565 g/mol. The van der Waals surface area contributed by atoms with Gasteiger partial charge in [-0.15, -0.1) is 0 Å². The van der Waals surface area contributed by atoms with Gasteiger partial charge in [-0.25, -0.2) is 18.2 Å². The molecule has 1 aromatic heterocycles. The lowest BCUT2D eigenvalue weighted by Crippen LogP contribution is -2.36. The highest BCUT2D eigenvalue weighted by Gasteiger charge is 2.36. The molecule has 0 spiro atoms. The lowest BCUT2D eigenvalue weighted by molar-refractivity contribution is 0.204. The second kappa shape index (κ2) is 11.3. The Morgan fingerprint density at radius 2 is 1.72 bits per heavy atom. The van der Waals surface area contributed by atoms with Crippen LogP contribution < -0.4 is 14.8 Å². The van der Waals surface area contributed by atoms with Crippen LogP contribution in [0.15, 0.2) is 91.4 Å². The number of carbonyl (C=O) groups excluding carboxylic acids is 1. The molecule has 200 valence electrons. The first-order valence-corrected chi connectivity index (χ1v) is 14.4. The summed E-state index contributed by atoms with van der Waals surface area (Å²) in [5, 5.41) is 2.50. The third-order valence-corrected chi connectivity index (χ3v) is 7.98. The number of rotatable bonds is 9. The van der Waals surface area contributed by atoms with Crippen LogP contribution in [0.4, 0.5) is 4.79 Å². The standard InChI is InChI=1S/C28H25ClN4O5S/c1-39(35,36)26(19-5-9-22(10-6-19)37-23-11-7-21(29)8-12-23)18-33-25(16-32-28(33)34)20-3-2-4-24(15-20)38-27-17-30-13-14-31-27/h2-15,17,25-26H,16,18H2,1H3,(H,32,34). The van der Waals surface area contributed by atoms with Crippen LogP contribution in [0.2, 0.25) is 5.02 Å². The van der Waals surface area contributed by atoms with Gasteiger partial charge in [-0.1, -0.05) is 35.9 Å². The van der Waals surface area contributed by atoms with Gasteiger partial charge in [-0.3, -0.25) is 4.98 Å². The summed E-state index contributed by atoms with van der Waals surface area (Å²) in [5.74, 6) is 2.02. The van der Waals surface area contributed by atoms with Crippen molar-refractivity contribution in [2.45, 2.75) is 11.3 Å². The molecule has 1 aliphatic rings. The normalized spacial score (nSPS) is 16.0. The van der Waals surface area contributed by atoms with E-state index in [-0.39, 0.29) is 18.6 Å². The van der Waals surface area contributed by atoms with Gasteiger partial charge in [0.05, 0.1) is 12.2 Å². The minimum Gasteiger partial charge on any atom is -0.457 e. The molecule has 1 fully saturated rings. The van der Waals surface area contributed by atoms with E-state index < -0.39 is 15.1 Å². The third-order valence-electron chi connectivity index (χ3n) is 6.27. The van der Waals surface area contributed by atoms with Gasteiger partial charge < -0.3 is 19.7 Å². The van der Waals surface area contributed by atoms with Crippen molar-refractivity contribution in [1.29, 1.82) is 0 Å². The molecule has 1 N–H and O–H groups in total. The number of carbonyl (C=O) groups is 1. The highest BCUT2D eigenvalue weighted by atomic mass is 35.5. The molecule has 11 heteroatoms. The molecular formula is C28H25ClN4O5S. The van der Waals surface area contributed by atoms with Gasteiger partial charge in [0.2, 0.25) is 5.88 Å². The fraction of sp³-hybridized carbons (Fsp3) is 0.179. The first-order chi connectivity index (χ1) is 18.8. The van der Waals surface area contributed by atoms with Crippen molar-refractivity contribution < 1.29 is 22.7 Å². The van der Waals surface area contributed by atoms with Crippen molar-refractivity contribution >= 4 is 27.5 Å². The van der Waals surface area contributed by atoms with E-state index in [0.29, 0.717) is 40.3 Å². The molecule has 5 rings (SSSR count). The van der Waals surface area contributed by atoms with Crippen molar-refractivity contribution in [2.75, 3.05) is 19.3 Å². The van der Waals surface area contributed by atoms with Gasteiger partial charge in [-0.2, -0.15) is 0 Å². The van der Waals surface area contributed by atoms with E-state index >= 15 is 0 Å². The van der Waals surface area contributed by atoms with Gasteiger partial charge in [-0.05, 0) is 59.7 Å². The molecule has 1 saturated heterocycles. The van der Waals surface area contributed by atoms with E-state index in [1.54, 1.807) is 65.7 Å². The number of ether oxygens (including phenoxy) is 2. The van der Waals surface area contributed by atoms with Gasteiger partial charge in [0, 0.05) is 36.8 Å². The van der Waals surface area contributed by atoms with E-state index in [0.717, 1.165) is 5.56 Å². The maximum Gasteiger partial charge on any atom is 0.318 e. The van der Waals surface area contributed by atoms with Crippen molar-refractivity contribution in [3.05, 3.63) is 108 Å². The Morgan fingerprint density at radius 3 is 2.38 bits per heavy atom. The van der Waals surface area contributed by atoms with Crippen molar-refractivity contribution in [3.63, 3.8) is 0 Å². The molecule has 0 bridgehead atoms. The average Bonchev–Trinajstić information content (AvgIpc) is 3.29. The highest BCUT2D eigenvalue weighted by Crippen LogP contribution is 2.33. The van der Waals surface area contributed by atoms with Gasteiger partial charge in [0.25, 0.3) is 0 Å². The fourth-order valence-corrected chi connectivity index (χ4v) is 5.55. The zero-order valence-corrected chi connectivity index (χ0v) is 22.5. The van der Waals surface area contributed by atoms with E-state index in [1.807, 2.05) is 18.2 Å². The quantitative estimate of drug-likeness (QED) is 0.283. The summed E-state index contributed by atoms with van der Waals surface area (Å²) in [6.07, 6.45) is 5.76. The Kier molecular flexibility index (Phi) is 7.67. The summed E-state index contributed by atoms with van der Waals surface area (Å²) in [6, 6.07) is 20.3. The smallest absolute Gasteiger partial charge is 0.318 e. The Labute approximate surface area is 231 Å². The van der Waals surface area contributed by atoms with E-state index in [4.69, 9.17) is 21.1 Å². The Morgan fingerprint density at radius 1 is 1.00 bits per heavy atom. The monoisotopic (exact) mass is 564 g/mol. The summed E-state index contributed by atoms with van der Waals surface area (Å²) in [5.41, 5.74) is 1.35. The second-order valence-electron chi connectivity index (χ2n) is 9.02. The minimum atomic E-state index is -3.58. The zero-order chi connectivity index (χ0) is 27.4. The third kappa shape index (κ3) is 6.47. The number of halogens is 1. The molecule has 0 saturated carbocycles. The summed E-state index contributed by atoms with van der Waals surface area (Å²) in [7, 11) is -3.58. The topological polar surface area (TPSA) is 111 Å². The summed E-state index contributed by atoms with van der Waals surface area (Å²) < 4.78 is 37.4. The highest BCUT2D eigenvalue weighted by molar-refractivity contribution is 7.91. The van der Waals surface area contributed by atoms with Crippen molar-refractivity contribution in [1.82, 2.24) is 20.2 Å². The van der Waals surface area contributed by atoms with Crippen LogP contribution in [0.1, 0.15) is 22.4 Å². The Balaban J connectivity index is 1.35. The molecule has 2 amide bonds. The number of aromatic nitrogens is 2. The van der Waals surface area contributed by atoms with Crippen LogP contribution in [0.5, 0.6) is 23.1 Å². The number of nitrogens with zero attached hydrogens (tertiary/aromatic N) is 3. The molecule has 2 atom stereocenters. The second-order valence-corrected chi connectivity index (χ2v) is 11.7. The predicted octanol–water partition coefficient (Wildman–Crippen LogP) is 5.57. The molecule has 2 heterocycles. The van der Waals surface area contributed by atoms with Crippen LogP contribution in [0.3, 0.4) is 0 Å². The van der Waals surface area contributed by atoms with Crippen molar-refractivity contribution in [3.8, 4) is 23.1 Å². The summed E-state index contributed by atoms with van der Waals surface area (Å²) in [4.78, 5) is 22.5. The van der Waals surface area contributed by atoms with E-state index in [9.17, 15) is 13.2 Å². The fourth-order valence-electron chi connectivity index (χ4n) is 4.35. The number of sulfone groups is 1. The molecule has 0 aliphatic carbocycles. The number of hydrogen-bond acceptors (Lipinski definition) is 7. The maximum absolute atomic E-state index is 12.9. The number of amides is 2. The largest absolute Gasteiger partial charge is 0.457 e. The van der Waals surface area contributed by atoms with Crippen LogP contribution in [0.25, 0.3) is 0 Å². The molecule has 39 heavy (non-hydrogen) atoms.